The molecule has 0 aliphatic heterocycles. The SMILES string of the molecule is CCS(=O)(=O)Nc1ccc(C(=O)/C=C\c2cccs2)cc1. The Kier molecular flexibility index (Phi) is 4.93. The lowest BCUT2D eigenvalue weighted by atomic mass is 10.1. The summed E-state index contributed by atoms with van der Waals surface area (Å²) < 4.78 is 25.3. The van der Waals surface area contributed by atoms with Gasteiger partial charge in [0.1, 0.15) is 0 Å². The summed E-state index contributed by atoms with van der Waals surface area (Å²) >= 11 is 1.56. The van der Waals surface area contributed by atoms with Crippen LogP contribution in [0.1, 0.15) is 22.2 Å². The molecule has 2 rings (SSSR count). The number of hydrogen-bond acceptors (Lipinski definition) is 4. The van der Waals surface area contributed by atoms with Crippen LogP contribution in [0.2, 0.25) is 0 Å². The number of carbonyl (C=O) groups is 1. The van der Waals surface area contributed by atoms with Crippen molar-refractivity contribution in [1.82, 2.24) is 0 Å². The third-order valence-electron chi connectivity index (χ3n) is 2.76. The van der Waals surface area contributed by atoms with Gasteiger partial charge in [0.2, 0.25) is 10.0 Å². The number of hydrogen-bond donors (Lipinski definition) is 1. The van der Waals surface area contributed by atoms with Crippen LogP contribution in [0.5, 0.6) is 0 Å². The molecule has 2 aromatic rings. The minimum absolute atomic E-state index is 0.0111. The molecule has 0 saturated heterocycles. The second-order valence-corrected chi connectivity index (χ2v) is 7.29. The van der Waals surface area contributed by atoms with E-state index in [0.29, 0.717) is 11.3 Å². The van der Waals surface area contributed by atoms with Gasteiger partial charge < -0.3 is 0 Å². The molecule has 0 atom stereocenters. The van der Waals surface area contributed by atoms with Gasteiger partial charge in [0.25, 0.3) is 0 Å². The van der Waals surface area contributed by atoms with Crippen LogP contribution >= 0.6 is 11.3 Å². The molecule has 0 bridgehead atoms. The Labute approximate surface area is 128 Å². The van der Waals surface area contributed by atoms with E-state index >= 15 is 0 Å². The molecule has 0 spiro atoms. The normalized spacial score (nSPS) is 11.7. The number of thiophene rings is 1. The zero-order valence-electron chi connectivity index (χ0n) is 11.4. The van der Waals surface area contributed by atoms with Crippen LogP contribution in [0.25, 0.3) is 6.08 Å². The van der Waals surface area contributed by atoms with Gasteiger partial charge in [-0.15, -0.1) is 11.3 Å². The number of ketones is 1. The summed E-state index contributed by atoms with van der Waals surface area (Å²) in [5.74, 6) is -0.106. The van der Waals surface area contributed by atoms with Gasteiger partial charge in [0.05, 0.1) is 5.75 Å². The van der Waals surface area contributed by atoms with E-state index in [1.807, 2.05) is 17.5 Å². The average molecular weight is 321 g/mol. The lowest BCUT2D eigenvalue weighted by Gasteiger charge is -2.05. The fourth-order valence-electron chi connectivity index (χ4n) is 1.59. The maximum atomic E-state index is 12.0. The number of rotatable bonds is 6. The molecule has 1 N–H and O–H groups in total. The van der Waals surface area contributed by atoms with Crippen LogP contribution in [0.4, 0.5) is 5.69 Å². The highest BCUT2D eigenvalue weighted by atomic mass is 32.2. The molecule has 0 saturated carbocycles. The molecule has 110 valence electrons. The minimum atomic E-state index is -3.29. The molecule has 21 heavy (non-hydrogen) atoms. The van der Waals surface area contributed by atoms with Crippen molar-refractivity contribution in [3.05, 3.63) is 58.3 Å². The van der Waals surface area contributed by atoms with Crippen molar-refractivity contribution in [2.75, 3.05) is 10.5 Å². The van der Waals surface area contributed by atoms with Crippen LogP contribution in [0.3, 0.4) is 0 Å². The fourth-order valence-corrected chi connectivity index (χ4v) is 2.85. The van der Waals surface area contributed by atoms with E-state index in [1.165, 1.54) is 6.08 Å². The van der Waals surface area contributed by atoms with Crippen molar-refractivity contribution in [3.63, 3.8) is 0 Å². The Balaban J connectivity index is 2.06. The summed E-state index contributed by atoms with van der Waals surface area (Å²) in [5.41, 5.74) is 0.970. The molecule has 0 unspecified atom stereocenters. The molecule has 1 aromatic heterocycles. The predicted molar refractivity (Wildman–Crippen MR) is 87.2 cm³/mol. The smallest absolute Gasteiger partial charge is 0.232 e. The summed E-state index contributed by atoms with van der Waals surface area (Å²) in [5, 5.41) is 1.94. The Hall–Kier alpha value is -1.92. The summed E-state index contributed by atoms with van der Waals surface area (Å²) in [6.07, 6.45) is 3.28. The largest absolute Gasteiger partial charge is 0.289 e. The lowest BCUT2D eigenvalue weighted by Crippen LogP contribution is -2.14. The number of nitrogens with one attached hydrogen (secondary N) is 1. The van der Waals surface area contributed by atoms with Gasteiger partial charge in [-0.3, -0.25) is 9.52 Å². The summed E-state index contributed by atoms with van der Waals surface area (Å²) in [6.45, 7) is 1.57. The number of allylic oxidation sites excluding steroid dienone is 1. The predicted octanol–water partition coefficient (Wildman–Crippen LogP) is 3.41. The Morgan fingerprint density at radius 3 is 2.52 bits per heavy atom. The minimum Gasteiger partial charge on any atom is -0.289 e. The zero-order chi connectivity index (χ0) is 15.3. The topological polar surface area (TPSA) is 63.2 Å². The van der Waals surface area contributed by atoms with Crippen molar-refractivity contribution in [3.8, 4) is 0 Å². The molecule has 6 heteroatoms. The van der Waals surface area contributed by atoms with Crippen LogP contribution in [-0.2, 0) is 10.0 Å². The first-order chi connectivity index (χ1) is 10.00. The molecule has 0 aliphatic rings. The van der Waals surface area contributed by atoms with E-state index in [-0.39, 0.29) is 11.5 Å². The Morgan fingerprint density at radius 2 is 1.95 bits per heavy atom. The standard InChI is InChI=1S/C15H15NO3S2/c1-2-21(18,19)16-13-7-5-12(6-8-13)15(17)10-9-14-4-3-11-20-14/h3-11,16H,2H2,1H3/b10-9-. The van der Waals surface area contributed by atoms with Crippen molar-refractivity contribution in [1.29, 1.82) is 0 Å². The maximum Gasteiger partial charge on any atom is 0.232 e. The van der Waals surface area contributed by atoms with Gasteiger partial charge in [-0.1, -0.05) is 6.07 Å². The van der Waals surface area contributed by atoms with Gasteiger partial charge in [-0.2, -0.15) is 0 Å². The third-order valence-corrected chi connectivity index (χ3v) is 4.91. The third kappa shape index (κ3) is 4.54. The molecule has 1 heterocycles. The van der Waals surface area contributed by atoms with E-state index in [0.717, 1.165) is 4.88 Å². The number of sulfonamides is 1. The van der Waals surface area contributed by atoms with Crippen molar-refractivity contribution >= 4 is 38.9 Å². The van der Waals surface area contributed by atoms with Crippen LogP contribution in [0.15, 0.2) is 47.9 Å². The van der Waals surface area contributed by atoms with Gasteiger partial charge >= 0.3 is 0 Å². The molecular weight excluding hydrogens is 306 g/mol. The molecule has 0 radical (unpaired) electrons. The van der Waals surface area contributed by atoms with Gasteiger partial charge in [-0.05, 0) is 54.8 Å². The highest BCUT2D eigenvalue weighted by Crippen LogP contribution is 2.14. The zero-order valence-corrected chi connectivity index (χ0v) is 13.1. The molecule has 0 amide bonds. The summed E-state index contributed by atoms with van der Waals surface area (Å²) in [4.78, 5) is 13.0. The maximum absolute atomic E-state index is 12.0. The molecule has 0 aliphatic carbocycles. The Bertz CT molecular complexity index is 730. The monoisotopic (exact) mass is 321 g/mol. The van der Waals surface area contributed by atoms with Crippen LogP contribution in [0, 0.1) is 0 Å². The van der Waals surface area contributed by atoms with Gasteiger partial charge in [0.15, 0.2) is 5.78 Å². The first-order valence-corrected chi connectivity index (χ1v) is 8.90. The second kappa shape index (κ2) is 6.69. The fraction of sp³-hybridized carbons (Fsp3) is 0.133. The Morgan fingerprint density at radius 1 is 1.24 bits per heavy atom. The summed E-state index contributed by atoms with van der Waals surface area (Å²) in [6, 6.07) is 10.2. The molecule has 4 nitrogen and oxygen atoms in total. The summed E-state index contributed by atoms with van der Waals surface area (Å²) in [7, 11) is -3.29. The van der Waals surface area contributed by atoms with E-state index < -0.39 is 10.0 Å². The first-order valence-electron chi connectivity index (χ1n) is 6.36. The highest BCUT2D eigenvalue weighted by molar-refractivity contribution is 7.92. The van der Waals surface area contributed by atoms with Gasteiger partial charge in [-0.25, -0.2) is 8.42 Å². The van der Waals surface area contributed by atoms with Crippen LogP contribution in [-0.4, -0.2) is 20.0 Å². The quantitative estimate of drug-likeness (QED) is 0.655. The van der Waals surface area contributed by atoms with Crippen molar-refractivity contribution < 1.29 is 13.2 Å². The van der Waals surface area contributed by atoms with Crippen LogP contribution < -0.4 is 4.72 Å². The van der Waals surface area contributed by atoms with Crippen molar-refractivity contribution in [2.24, 2.45) is 0 Å². The van der Waals surface area contributed by atoms with E-state index in [4.69, 9.17) is 0 Å². The highest BCUT2D eigenvalue weighted by Gasteiger charge is 2.07. The lowest BCUT2D eigenvalue weighted by molar-refractivity contribution is 0.104. The number of benzene rings is 1. The van der Waals surface area contributed by atoms with Crippen molar-refractivity contribution in [2.45, 2.75) is 6.92 Å². The average Bonchev–Trinajstić information content (AvgIpc) is 2.98. The van der Waals surface area contributed by atoms with E-state index in [1.54, 1.807) is 48.6 Å². The number of anilines is 1. The van der Waals surface area contributed by atoms with E-state index in [2.05, 4.69) is 4.72 Å². The molecular formula is C15H15NO3S2. The van der Waals surface area contributed by atoms with Gasteiger partial charge in [0, 0.05) is 16.1 Å². The van der Waals surface area contributed by atoms with E-state index in [9.17, 15) is 13.2 Å². The number of carbonyl (C=O) groups excluding carboxylic acids is 1. The first kappa shape index (κ1) is 15.5. The molecule has 1 aromatic carbocycles. The molecule has 0 fully saturated rings. The second-order valence-electron chi connectivity index (χ2n) is 4.30.